The maximum Gasteiger partial charge on any atom is 0.188 e. The van der Waals surface area contributed by atoms with Crippen molar-refractivity contribution in [2.24, 2.45) is 0 Å². The first-order valence-corrected chi connectivity index (χ1v) is 14.4. The van der Waals surface area contributed by atoms with E-state index in [4.69, 9.17) is 12.2 Å². The normalized spacial score (nSPS) is 15.7. The first-order chi connectivity index (χ1) is 19.3. The van der Waals surface area contributed by atoms with E-state index in [0.717, 1.165) is 16.8 Å². The number of thioether (sulfide) groups is 1. The number of benzene rings is 3. The molecule has 1 aliphatic heterocycles. The summed E-state index contributed by atoms with van der Waals surface area (Å²) in [6, 6.07) is 22.9. The van der Waals surface area contributed by atoms with Crippen molar-refractivity contribution in [3.8, 4) is 0 Å². The average Bonchev–Trinajstić information content (AvgIpc) is 3.40. The van der Waals surface area contributed by atoms with Crippen LogP contribution < -0.4 is 0 Å². The van der Waals surface area contributed by atoms with Crippen molar-refractivity contribution in [2.75, 3.05) is 13.1 Å². The molecule has 0 N–H and O–H groups in total. The molecule has 0 unspecified atom stereocenters. The van der Waals surface area contributed by atoms with E-state index in [0.29, 0.717) is 46.4 Å². The smallest absolute Gasteiger partial charge is 0.188 e. The summed E-state index contributed by atoms with van der Waals surface area (Å²) in [5, 5.41) is 8.39. The quantitative estimate of drug-likeness (QED) is 0.192. The summed E-state index contributed by atoms with van der Waals surface area (Å²) in [7, 11) is 0. The Morgan fingerprint density at radius 2 is 1.50 bits per heavy atom. The van der Waals surface area contributed by atoms with Crippen LogP contribution in [-0.2, 0) is 17.1 Å². The van der Waals surface area contributed by atoms with Gasteiger partial charge in [0.1, 0.15) is 10.1 Å². The number of carbonyl (C=O) groups excluding carboxylic acids is 1. The van der Waals surface area contributed by atoms with Crippen LogP contribution in [0.2, 0.25) is 0 Å². The lowest BCUT2D eigenvalue weighted by molar-refractivity contribution is -0.113. The van der Waals surface area contributed by atoms with E-state index in [1.165, 1.54) is 29.0 Å². The molecular formula is C32H29FN4OS2. The standard InChI is InChI=1S/C32H29FN4OS2/c1-22-7-11-24(12-8-22)15-27-17-36(18-28(31(27)38)16-25-13-9-23(2)10-14-25)32(39)40-21-29-20-37(35-34-29)19-26-5-3-4-6-30(26)33/h3-16,20H,17-19,21H2,1-2H3/b27-15+,28-16+. The second-order valence-corrected chi connectivity index (χ2v) is 11.5. The number of piperidine rings is 1. The lowest BCUT2D eigenvalue weighted by Gasteiger charge is -2.31. The molecule has 202 valence electrons. The minimum Gasteiger partial charge on any atom is -0.349 e. The van der Waals surface area contributed by atoms with Gasteiger partial charge in [0.05, 0.1) is 12.2 Å². The van der Waals surface area contributed by atoms with E-state index in [2.05, 4.69) is 15.2 Å². The van der Waals surface area contributed by atoms with E-state index in [1.54, 1.807) is 22.9 Å². The summed E-state index contributed by atoms with van der Waals surface area (Å²) in [6.45, 7) is 5.26. The molecule has 0 saturated carbocycles. The number of Topliss-reactive ketones (excluding diaryl/α,β-unsaturated/α-hetero) is 1. The van der Waals surface area contributed by atoms with E-state index >= 15 is 0 Å². The number of carbonyl (C=O) groups is 1. The van der Waals surface area contributed by atoms with Gasteiger partial charge in [0.2, 0.25) is 0 Å². The van der Waals surface area contributed by atoms with Crippen molar-refractivity contribution in [3.05, 3.63) is 129 Å². The van der Waals surface area contributed by atoms with Crippen LogP contribution in [-0.4, -0.2) is 43.1 Å². The minimum absolute atomic E-state index is 0.0429. The second kappa shape index (κ2) is 12.5. The van der Waals surface area contributed by atoms with Crippen LogP contribution in [0.25, 0.3) is 12.2 Å². The third-order valence-electron chi connectivity index (χ3n) is 6.62. The fourth-order valence-corrected chi connectivity index (χ4v) is 5.43. The van der Waals surface area contributed by atoms with Gasteiger partial charge in [0.15, 0.2) is 5.78 Å². The lowest BCUT2D eigenvalue weighted by atomic mass is 9.94. The molecule has 1 saturated heterocycles. The number of hydrogen-bond donors (Lipinski definition) is 0. The zero-order chi connectivity index (χ0) is 28.1. The van der Waals surface area contributed by atoms with Crippen LogP contribution in [0.4, 0.5) is 4.39 Å². The first kappa shape index (κ1) is 27.7. The van der Waals surface area contributed by atoms with Crippen LogP contribution in [0.5, 0.6) is 0 Å². The molecular weight excluding hydrogens is 540 g/mol. The van der Waals surface area contributed by atoms with Gasteiger partial charge in [0.25, 0.3) is 0 Å². The predicted octanol–water partition coefficient (Wildman–Crippen LogP) is 6.65. The van der Waals surface area contributed by atoms with E-state index in [-0.39, 0.29) is 11.6 Å². The zero-order valence-electron chi connectivity index (χ0n) is 22.4. The van der Waals surface area contributed by atoms with Gasteiger partial charge in [-0.05, 0) is 43.2 Å². The molecule has 0 amide bonds. The summed E-state index contributed by atoms with van der Waals surface area (Å²) < 4.78 is 16.3. The molecule has 0 radical (unpaired) electrons. The Morgan fingerprint density at radius 1 is 0.925 bits per heavy atom. The molecule has 1 aliphatic rings. The molecule has 1 fully saturated rings. The molecule has 2 heterocycles. The highest BCUT2D eigenvalue weighted by Gasteiger charge is 2.28. The number of nitrogens with zero attached hydrogens (tertiary/aromatic N) is 4. The van der Waals surface area contributed by atoms with E-state index < -0.39 is 0 Å². The van der Waals surface area contributed by atoms with Crippen molar-refractivity contribution < 1.29 is 9.18 Å². The molecule has 4 aromatic rings. The topological polar surface area (TPSA) is 51.0 Å². The van der Waals surface area contributed by atoms with Gasteiger partial charge >= 0.3 is 0 Å². The largest absolute Gasteiger partial charge is 0.349 e. The molecule has 3 aromatic carbocycles. The van der Waals surface area contributed by atoms with Gasteiger partial charge in [-0.15, -0.1) is 5.10 Å². The van der Waals surface area contributed by atoms with Gasteiger partial charge < -0.3 is 4.90 Å². The van der Waals surface area contributed by atoms with Gasteiger partial charge in [0, 0.05) is 41.7 Å². The zero-order valence-corrected chi connectivity index (χ0v) is 24.0. The number of aromatic nitrogens is 3. The van der Waals surface area contributed by atoms with Gasteiger partial charge in [-0.2, -0.15) is 0 Å². The Morgan fingerprint density at radius 3 is 2.08 bits per heavy atom. The molecule has 0 aliphatic carbocycles. The third-order valence-corrected chi connectivity index (χ3v) is 8.18. The molecule has 8 heteroatoms. The van der Waals surface area contributed by atoms with Crippen LogP contribution >= 0.6 is 24.0 Å². The highest BCUT2D eigenvalue weighted by Crippen LogP contribution is 2.26. The molecule has 40 heavy (non-hydrogen) atoms. The summed E-state index contributed by atoms with van der Waals surface area (Å²) in [4.78, 5) is 15.6. The van der Waals surface area contributed by atoms with Gasteiger partial charge in [-0.25, -0.2) is 9.07 Å². The maximum atomic E-state index is 14.0. The van der Waals surface area contributed by atoms with Crippen LogP contribution in [0, 0.1) is 19.7 Å². The van der Waals surface area contributed by atoms with Crippen molar-refractivity contribution in [2.45, 2.75) is 26.1 Å². The molecule has 1 aromatic heterocycles. The van der Waals surface area contributed by atoms with E-state index in [1.807, 2.05) is 80.7 Å². The van der Waals surface area contributed by atoms with Gasteiger partial charge in [-0.3, -0.25) is 4.79 Å². The highest BCUT2D eigenvalue weighted by atomic mass is 32.2. The number of hydrogen-bond acceptors (Lipinski definition) is 5. The minimum atomic E-state index is -0.265. The third kappa shape index (κ3) is 7.00. The Labute approximate surface area is 243 Å². The Balaban J connectivity index is 1.32. The molecule has 0 spiro atoms. The van der Waals surface area contributed by atoms with Crippen LogP contribution in [0.15, 0.2) is 90.1 Å². The van der Waals surface area contributed by atoms with Crippen molar-refractivity contribution in [1.82, 2.24) is 19.9 Å². The fourth-order valence-electron chi connectivity index (χ4n) is 4.41. The van der Waals surface area contributed by atoms with Crippen molar-refractivity contribution >= 4 is 46.2 Å². The number of rotatable bonds is 6. The van der Waals surface area contributed by atoms with Crippen molar-refractivity contribution in [3.63, 3.8) is 0 Å². The Bertz CT molecular complexity index is 1520. The second-order valence-electron chi connectivity index (χ2n) is 9.90. The molecule has 5 rings (SSSR count). The molecule has 0 bridgehead atoms. The summed E-state index contributed by atoms with van der Waals surface area (Å²) in [5.41, 5.74) is 7.01. The summed E-state index contributed by atoms with van der Waals surface area (Å²) >= 11 is 7.31. The molecule has 0 atom stereocenters. The number of halogens is 1. The van der Waals surface area contributed by atoms with E-state index in [9.17, 15) is 9.18 Å². The number of thiocarbonyl (C=S) groups is 1. The number of aryl methyl sites for hydroxylation is 2. The fraction of sp³-hybridized carbons (Fsp3) is 0.188. The Hall–Kier alpha value is -3.88. The highest BCUT2D eigenvalue weighted by molar-refractivity contribution is 8.22. The lowest BCUT2D eigenvalue weighted by Crippen LogP contribution is -2.39. The number of ketones is 1. The van der Waals surface area contributed by atoms with Crippen molar-refractivity contribution in [1.29, 1.82) is 0 Å². The van der Waals surface area contributed by atoms with Gasteiger partial charge in [-0.1, -0.05) is 107 Å². The summed E-state index contributed by atoms with van der Waals surface area (Å²) in [5.74, 6) is 0.300. The first-order valence-electron chi connectivity index (χ1n) is 13.0. The Kier molecular flexibility index (Phi) is 8.67. The summed E-state index contributed by atoms with van der Waals surface area (Å²) in [6.07, 6.45) is 5.73. The SMILES string of the molecule is Cc1ccc(/C=C2\CN(C(=S)SCc3cn(Cc4ccccc4F)nn3)C/C(=C\c3ccc(C)cc3)C2=O)cc1. The maximum absolute atomic E-state index is 14.0. The van der Waals surface area contributed by atoms with Crippen LogP contribution in [0.3, 0.4) is 0 Å². The average molecular weight is 569 g/mol. The predicted molar refractivity (Wildman–Crippen MR) is 164 cm³/mol. The molecule has 5 nitrogen and oxygen atoms in total. The number of likely N-dealkylation sites (tertiary alicyclic amines) is 1. The monoisotopic (exact) mass is 568 g/mol. The van der Waals surface area contributed by atoms with Crippen LogP contribution in [0.1, 0.15) is 33.5 Å².